The number of benzene rings is 8. The van der Waals surface area contributed by atoms with Crippen LogP contribution in [0.3, 0.4) is 0 Å². The van der Waals surface area contributed by atoms with Gasteiger partial charge in [0.1, 0.15) is 23.3 Å². The van der Waals surface area contributed by atoms with Gasteiger partial charge in [0.05, 0.1) is 45.5 Å². The summed E-state index contributed by atoms with van der Waals surface area (Å²) in [6.45, 7) is 8.68. The lowest BCUT2D eigenvalue weighted by Crippen LogP contribution is -2.18. The standard InChI is InChI=1S/C64H50N8/c1-43-21-5-9-25-51(43)69(59-29-13-17-37-65-59)55-41-56(70(60-30-14-18-38-66-60)52-26-10-6-22-44(52)2)48-35-36-50-58(72(62-32-16-20-40-68-62)54-28-12-8-24-46(54)4)42-57(49-34-33-47(55)63(48)64(49)50)71(61-31-15-19-39-67-61)53-27-11-7-23-45(53)3/h5-42H,1-4H3. The van der Waals surface area contributed by atoms with Crippen LogP contribution in [0.5, 0.6) is 0 Å². The number of anilines is 12. The molecule has 8 aromatic carbocycles. The Morgan fingerprint density at radius 2 is 0.458 bits per heavy atom. The fraction of sp³-hybridized carbons (Fsp3) is 0.0625. The van der Waals surface area contributed by atoms with E-state index in [0.717, 1.165) is 123 Å². The van der Waals surface area contributed by atoms with Gasteiger partial charge < -0.3 is 0 Å². The molecule has 12 aromatic rings. The van der Waals surface area contributed by atoms with Gasteiger partial charge in [-0.05, 0) is 135 Å². The van der Waals surface area contributed by atoms with Crippen LogP contribution in [0.4, 0.5) is 68.8 Å². The fourth-order valence-electron chi connectivity index (χ4n) is 10.4. The first-order chi connectivity index (χ1) is 35.4. The van der Waals surface area contributed by atoms with E-state index >= 15 is 0 Å². The van der Waals surface area contributed by atoms with E-state index in [4.69, 9.17) is 19.9 Å². The third-order valence-electron chi connectivity index (χ3n) is 13.7. The Balaban J connectivity index is 1.31. The Morgan fingerprint density at radius 3 is 0.667 bits per heavy atom. The van der Waals surface area contributed by atoms with Crippen LogP contribution in [-0.2, 0) is 0 Å². The van der Waals surface area contributed by atoms with E-state index in [1.165, 1.54) is 0 Å². The summed E-state index contributed by atoms with van der Waals surface area (Å²) in [4.78, 5) is 29.6. The zero-order valence-electron chi connectivity index (χ0n) is 40.5. The average Bonchev–Trinajstić information content (AvgIpc) is 3.42. The van der Waals surface area contributed by atoms with Gasteiger partial charge in [0, 0.05) is 57.1 Å². The molecule has 0 atom stereocenters. The van der Waals surface area contributed by atoms with Gasteiger partial charge in [0.2, 0.25) is 0 Å². The first-order valence-corrected chi connectivity index (χ1v) is 24.3. The molecular weight excluding hydrogens is 881 g/mol. The van der Waals surface area contributed by atoms with Crippen LogP contribution < -0.4 is 19.6 Å². The number of nitrogens with zero attached hydrogens (tertiary/aromatic N) is 8. The quantitative estimate of drug-likeness (QED) is 0.112. The van der Waals surface area contributed by atoms with Gasteiger partial charge in [-0.25, -0.2) is 19.9 Å². The van der Waals surface area contributed by atoms with Crippen LogP contribution in [-0.4, -0.2) is 19.9 Å². The first kappa shape index (κ1) is 43.9. The highest BCUT2D eigenvalue weighted by Crippen LogP contribution is 2.55. The molecule has 0 fully saturated rings. The second kappa shape index (κ2) is 18.5. The minimum atomic E-state index is 0.802. The molecule has 8 heteroatoms. The van der Waals surface area contributed by atoms with Crippen LogP contribution >= 0.6 is 0 Å². The normalized spacial score (nSPS) is 11.3. The lowest BCUT2D eigenvalue weighted by atomic mass is 9.89. The molecule has 0 saturated heterocycles. The summed E-state index contributed by atoms with van der Waals surface area (Å²) in [5.74, 6) is 3.21. The van der Waals surface area contributed by atoms with Gasteiger partial charge in [0.25, 0.3) is 0 Å². The summed E-state index contributed by atoms with van der Waals surface area (Å²) in [7, 11) is 0. The predicted octanol–water partition coefficient (Wildman–Crippen LogP) is 17.3. The summed E-state index contributed by atoms with van der Waals surface area (Å²) in [6.07, 6.45) is 7.50. The number of rotatable bonds is 12. The van der Waals surface area contributed by atoms with Crippen LogP contribution in [0.1, 0.15) is 22.3 Å². The molecule has 0 N–H and O–H groups in total. The van der Waals surface area contributed by atoms with Crippen molar-refractivity contribution in [1.29, 1.82) is 0 Å². The molecule has 8 nitrogen and oxygen atoms in total. The highest BCUT2D eigenvalue weighted by molar-refractivity contribution is 6.33. The van der Waals surface area contributed by atoms with E-state index in [9.17, 15) is 0 Å². The molecule has 72 heavy (non-hydrogen) atoms. The molecule has 0 bridgehead atoms. The van der Waals surface area contributed by atoms with Crippen molar-refractivity contribution in [3.05, 3.63) is 253 Å². The van der Waals surface area contributed by atoms with Crippen LogP contribution in [0, 0.1) is 27.7 Å². The summed E-state index contributed by atoms with van der Waals surface area (Å²) in [6, 6.07) is 72.7. The Hall–Kier alpha value is -9.40. The molecule has 12 rings (SSSR count). The molecule has 0 spiro atoms. The predicted molar refractivity (Wildman–Crippen MR) is 299 cm³/mol. The Kier molecular flexibility index (Phi) is 11.3. The Bertz CT molecular complexity index is 3380. The van der Waals surface area contributed by atoms with Crippen molar-refractivity contribution >= 4 is 101 Å². The van der Waals surface area contributed by atoms with Crippen molar-refractivity contribution < 1.29 is 0 Å². The topological polar surface area (TPSA) is 64.5 Å². The van der Waals surface area contributed by atoms with Crippen molar-refractivity contribution in [3.8, 4) is 0 Å². The highest BCUT2D eigenvalue weighted by atomic mass is 15.2. The average molecular weight is 931 g/mol. The minimum Gasteiger partial charge on any atom is -0.294 e. The lowest BCUT2D eigenvalue weighted by Gasteiger charge is -2.34. The van der Waals surface area contributed by atoms with Crippen molar-refractivity contribution in [3.63, 3.8) is 0 Å². The van der Waals surface area contributed by atoms with Crippen molar-refractivity contribution in [2.24, 2.45) is 0 Å². The SMILES string of the molecule is Cc1ccccc1N(c1ccccn1)c1cc(N(c2ccccn2)c2ccccc2C)c2ccc3c(N(c4ccccn4)c4ccccc4C)cc(N(c4ccccn4)c4ccccc4C)c4ccc1c2c43. The Labute approximate surface area is 419 Å². The minimum absolute atomic E-state index is 0.802. The molecule has 4 heterocycles. The number of aromatic nitrogens is 4. The van der Waals surface area contributed by atoms with Crippen LogP contribution in [0.25, 0.3) is 32.3 Å². The maximum atomic E-state index is 5.09. The monoisotopic (exact) mass is 930 g/mol. The highest BCUT2D eigenvalue weighted by Gasteiger charge is 2.30. The van der Waals surface area contributed by atoms with Gasteiger partial charge in [-0.15, -0.1) is 0 Å². The number of para-hydroxylation sites is 4. The molecule has 0 radical (unpaired) electrons. The van der Waals surface area contributed by atoms with Gasteiger partial charge in [0.15, 0.2) is 0 Å². The summed E-state index contributed by atoms with van der Waals surface area (Å²) in [5, 5.41) is 6.46. The zero-order valence-corrected chi connectivity index (χ0v) is 40.5. The molecule has 0 unspecified atom stereocenters. The van der Waals surface area contributed by atoms with E-state index in [-0.39, 0.29) is 0 Å². The van der Waals surface area contributed by atoms with Crippen LogP contribution in [0.15, 0.2) is 231 Å². The fourth-order valence-corrected chi connectivity index (χ4v) is 10.4. The van der Waals surface area contributed by atoms with E-state index in [1.54, 1.807) is 0 Å². The lowest BCUT2D eigenvalue weighted by molar-refractivity contribution is 1.15. The summed E-state index contributed by atoms with van der Waals surface area (Å²) >= 11 is 0. The zero-order chi connectivity index (χ0) is 48.7. The van der Waals surface area contributed by atoms with Crippen LogP contribution in [0.2, 0.25) is 0 Å². The third-order valence-corrected chi connectivity index (χ3v) is 13.7. The van der Waals surface area contributed by atoms with Crippen molar-refractivity contribution in [2.45, 2.75) is 27.7 Å². The van der Waals surface area contributed by atoms with E-state index < -0.39 is 0 Å². The van der Waals surface area contributed by atoms with E-state index in [0.29, 0.717) is 0 Å². The molecule has 4 aromatic heterocycles. The molecule has 346 valence electrons. The molecular formula is C64H50N8. The molecule has 0 amide bonds. The van der Waals surface area contributed by atoms with Gasteiger partial charge in [-0.3, -0.25) is 19.6 Å². The Morgan fingerprint density at radius 1 is 0.236 bits per heavy atom. The van der Waals surface area contributed by atoms with E-state index in [1.807, 2.05) is 49.1 Å². The second-order valence-electron chi connectivity index (χ2n) is 18.1. The molecule has 0 saturated carbocycles. The summed E-state index contributed by atoms with van der Waals surface area (Å²) in [5.41, 5.74) is 12.5. The third kappa shape index (κ3) is 7.57. The van der Waals surface area contributed by atoms with Gasteiger partial charge in [-0.1, -0.05) is 121 Å². The van der Waals surface area contributed by atoms with Crippen molar-refractivity contribution in [1.82, 2.24) is 19.9 Å². The number of hydrogen-bond donors (Lipinski definition) is 0. The smallest absolute Gasteiger partial charge is 0.137 e. The molecule has 0 aliphatic rings. The number of hydrogen-bond acceptors (Lipinski definition) is 8. The summed E-state index contributed by atoms with van der Waals surface area (Å²) < 4.78 is 0. The van der Waals surface area contributed by atoms with E-state index in [2.05, 4.69) is 229 Å². The second-order valence-corrected chi connectivity index (χ2v) is 18.1. The largest absolute Gasteiger partial charge is 0.294 e. The maximum absolute atomic E-state index is 5.09. The maximum Gasteiger partial charge on any atom is 0.137 e. The van der Waals surface area contributed by atoms with Gasteiger partial charge in [-0.2, -0.15) is 0 Å². The van der Waals surface area contributed by atoms with Gasteiger partial charge >= 0.3 is 0 Å². The molecule has 0 aliphatic heterocycles. The number of pyridine rings is 4. The first-order valence-electron chi connectivity index (χ1n) is 24.3. The number of aryl methyl sites for hydroxylation is 4. The molecule has 0 aliphatic carbocycles. The van der Waals surface area contributed by atoms with Crippen molar-refractivity contribution in [2.75, 3.05) is 19.6 Å².